The smallest absolute Gasteiger partial charge is 0.119 e. The van der Waals surface area contributed by atoms with Crippen LogP contribution < -0.4 is 0 Å². The van der Waals surface area contributed by atoms with Crippen molar-refractivity contribution in [2.45, 2.75) is 26.7 Å². The van der Waals surface area contributed by atoms with Crippen LogP contribution in [0.3, 0.4) is 0 Å². The Balaban J connectivity index is 0.000000310. The van der Waals surface area contributed by atoms with Crippen LogP contribution >= 0.6 is 15.9 Å². The van der Waals surface area contributed by atoms with Gasteiger partial charge in [-0.3, -0.25) is 0 Å². The zero-order valence-electron chi connectivity index (χ0n) is 8.09. The summed E-state index contributed by atoms with van der Waals surface area (Å²) in [6.45, 7) is 3.97. The van der Waals surface area contributed by atoms with Crippen molar-refractivity contribution in [1.29, 1.82) is 0 Å². The van der Waals surface area contributed by atoms with Crippen molar-refractivity contribution in [2.24, 2.45) is 0 Å². The Labute approximate surface area is 88.3 Å². The summed E-state index contributed by atoms with van der Waals surface area (Å²) >= 11 is 3.46. The van der Waals surface area contributed by atoms with Crippen LogP contribution in [0.2, 0.25) is 0 Å². The number of aldehydes is 1. The normalized spacial score (nSPS) is 8.54. The number of aryl methyl sites for hydroxylation is 1. The van der Waals surface area contributed by atoms with Crippen molar-refractivity contribution in [2.75, 3.05) is 0 Å². The second-order valence-electron chi connectivity index (χ2n) is 2.52. The molecule has 2 heteroatoms. The molecule has 0 aromatic heterocycles. The van der Waals surface area contributed by atoms with Gasteiger partial charge in [0.2, 0.25) is 0 Å². The molecular weight excluding hydrogens is 228 g/mol. The highest BCUT2D eigenvalue weighted by Crippen LogP contribution is 2.15. The van der Waals surface area contributed by atoms with Crippen LogP contribution in [0.15, 0.2) is 28.7 Å². The molecule has 0 aliphatic carbocycles. The van der Waals surface area contributed by atoms with E-state index in [1.54, 1.807) is 0 Å². The summed E-state index contributed by atoms with van der Waals surface area (Å²) in [6, 6.07) is 8.29. The molecule has 72 valence electrons. The summed E-state index contributed by atoms with van der Waals surface area (Å²) in [6.07, 6.45) is 2.61. The van der Waals surface area contributed by atoms with Gasteiger partial charge in [0.05, 0.1) is 0 Å². The van der Waals surface area contributed by atoms with E-state index in [9.17, 15) is 4.79 Å². The molecule has 0 saturated heterocycles. The van der Waals surface area contributed by atoms with Gasteiger partial charge in [0, 0.05) is 10.9 Å². The van der Waals surface area contributed by atoms with Crippen LogP contribution in [0.5, 0.6) is 0 Å². The van der Waals surface area contributed by atoms with Gasteiger partial charge >= 0.3 is 0 Å². The first kappa shape index (κ1) is 12.4. The molecule has 0 spiro atoms. The van der Waals surface area contributed by atoms with E-state index in [1.165, 1.54) is 10.0 Å². The number of carbonyl (C=O) groups excluding carboxylic acids is 1. The molecule has 0 amide bonds. The monoisotopic (exact) mass is 242 g/mol. The third-order valence-corrected chi connectivity index (χ3v) is 2.28. The van der Waals surface area contributed by atoms with Gasteiger partial charge in [-0.2, -0.15) is 0 Å². The standard InChI is InChI=1S/C8H9Br.C3H6O/c1-2-7-5-3-4-6-8(7)9;1-2-3-4/h3-6H,2H2,1H3;3H,2H2,1H3. The van der Waals surface area contributed by atoms with Crippen LogP contribution in [0.4, 0.5) is 0 Å². The number of hydrogen-bond donors (Lipinski definition) is 0. The van der Waals surface area contributed by atoms with Crippen LogP contribution in [0, 0.1) is 0 Å². The minimum absolute atomic E-state index is 0.639. The Morgan fingerprint density at radius 1 is 1.31 bits per heavy atom. The minimum atomic E-state index is 0.639. The highest BCUT2D eigenvalue weighted by molar-refractivity contribution is 9.10. The first-order valence-electron chi connectivity index (χ1n) is 4.43. The predicted molar refractivity (Wildman–Crippen MR) is 59.9 cm³/mol. The second kappa shape index (κ2) is 7.99. The fourth-order valence-electron chi connectivity index (χ4n) is 0.785. The Morgan fingerprint density at radius 2 is 1.85 bits per heavy atom. The molecule has 0 heterocycles. The van der Waals surface area contributed by atoms with Crippen molar-refractivity contribution >= 4 is 22.2 Å². The maximum absolute atomic E-state index is 9.17. The van der Waals surface area contributed by atoms with E-state index in [0.29, 0.717) is 6.42 Å². The molecule has 1 aromatic rings. The van der Waals surface area contributed by atoms with Gasteiger partial charge in [0.1, 0.15) is 6.29 Å². The molecule has 13 heavy (non-hydrogen) atoms. The van der Waals surface area contributed by atoms with E-state index in [4.69, 9.17) is 0 Å². The Morgan fingerprint density at radius 3 is 2.15 bits per heavy atom. The molecule has 0 aliphatic heterocycles. The lowest BCUT2D eigenvalue weighted by Crippen LogP contribution is -1.78. The topological polar surface area (TPSA) is 17.1 Å². The van der Waals surface area contributed by atoms with Gasteiger partial charge in [-0.1, -0.05) is 48.0 Å². The number of carbonyl (C=O) groups is 1. The maximum atomic E-state index is 9.17. The largest absolute Gasteiger partial charge is 0.303 e. The Kier molecular flexibility index (Phi) is 7.60. The minimum Gasteiger partial charge on any atom is -0.303 e. The molecule has 1 aromatic carbocycles. The molecule has 0 radical (unpaired) electrons. The summed E-state index contributed by atoms with van der Waals surface area (Å²) in [5.41, 5.74) is 1.37. The Bertz CT molecular complexity index is 246. The predicted octanol–water partition coefficient (Wildman–Crippen LogP) is 3.61. The summed E-state index contributed by atoms with van der Waals surface area (Å²) < 4.78 is 1.22. The maximum Gasteiger partial charge on any atom is 0.119 e. The molecular formula is C11H15BrO. The third kappa shape index (κ3) is 5.58. The second-order valence-corrected chi connectivity index (χ2v) is 3.37. The van der Waals surface area contributed by atoms with Crippen LogP contribution in [0.1, 0.15) is 25.8 Å². The van der Waals surface area contributed by atoms with E-state index in [2.05, 4.69) is 41.1 Å². The average molecular weight is 243 g/mol. The number of benzene rings is 1. The summed E-state index contributed by atoms with van der Waals surface area (Å²) in [5, 5.41) is 0. The molecule has 0 unspecified atom stereocenters. The first-order valence-corrected chi connectivity index (χ1v) is 5.22. The van der Waals surface area contributed by atoms with Crippen LogP contribution in [-0.4, -0.2) is 6.29 Å². The molecule has 0 saturated carbocycles. The van der Waals surface area contributed by atoms with Crippen molar-refractivity contribution in [3.05, 3.63) is 34.3 Å². The highest BCUT2D eigenvalue weighted by atomic mass is 79.9. The molecule has 0 fully saturated rings. The molecule has 0 aliphatic rings. The average Bonchev–Trinajstić information content (AvgIpc) is 2.19. The fourth-order valence-corrected chi connectivity index (χ4v) is 1.35. The Hall–Kier alpha value is -0.630. The van der Waals surface area contributed by atoms with E-state index < -0.39 is 0 Å². The number of halogens is 1. The van der Waals surface area contributed by atoms with Crippen LogP contribution in [0.25, 0.3) is 0 Å². The first-order chi connectivity index (χ1) is 6.26. The van der Waals surface area contributed by atoms with Gasteiger partial charge in [-0.25, -0.2) is 0 Å². The van der Waals surface area contributed by atoms with Crippen LogP contribution in [-0.2, 0) is 11.2 Å². The van der Waals surface area contributed by atoms with Gasteiger partial charge in [-0.05, 0) is 18.1 Å². The number of rotatable bonds is 2. The highest BCUT2D eigenvalue weighted by Gasteiger charge is 1.91. The third-order valence-electron chi connectivity index (χ3n) is 1.51. The van der Waals surface area contributed by atoms with E-state index in [0.717, 1.165) is 12.7 Å². The van der Waals surface area contributed by atoms with E-state index >= 15 is 0 Å². The molecule has 0 N–H and O–H groups in total. The molecule has 0 atom stereocenters. The molecule has 0 bridgehead atoms. The molecule has 1 rings (SSSR count). The zero-order chi connectivity index (χ0) is 10.1. The quantitative estimate of drug-likeness (QED) is 0.725. The fraction of sp³-hybridized carbons (Fsp3) is 0.364. The van der Waals surface area contributed by atoms with Gasteiger partial charge in [0.15, 0.2) is 0 Å². The van der Waals surface area contributed by atoms with Gasteiger partial charge in [-0.15, -0.1) is 0 Å². The summed E-state index contributed by atoms with van der Waals surface area (Å²) in [7, 11) is 0. The lowest BCUT2D eigenvalue weighted by atomic mass is 10.2. The SMILES string of the molecule is CCC=O.CCc1ccccc1Br. The van der Waals surface area contributed by atoms with Crippen molar-refractivity contribution in [3.8, 4) is 0 Å². The van der Waals surface area contributed by atoms with Gasteiger partial charge < -0.3 is 4.79 Å². The van der Waals surface area contributed by atoms with Crippen molar-refractivity contribution in [1.82, 2.24) is 0 Å². The van der Waals surface area contributed by atoms with E-state index in [1.807, 2.05) is 13.0 Å². The summed E-state index contributed by atoms with van der Waals surface area (Å²) in [4.78, 5) is 9.17. The molecule has 1 nitrogen and oxygen atoms in total. The zero-order valence-corrected chi connectivity index (χ0v) is 9.67. The van der Waals surface area contributed by atoms with Gasteiger partial charge in [0.25, 0.3) is 0 Å². The number of hydrogen-bond acceptors (Lipinski definition) is 1. The summed E-state index contributed by atoms with van der Waals surface area (Å²) in [5.74, 6) is 0. The van der Waals surface area contributed by atoms with Crippen molar-refractivity contribution < 1.29 is 4.79 Å². The lowest BCUT2D eigenvalue weighted by Gasteiger charge is -1.96. The lowest BCUT2D eigenvalue weighted by molar-refractivity contribution is -0.107. The van der Waals surface area contributed by atoms with E-state index in [-0.39, 0.29) is 0 Å². The van der Waals surface area contributed by atoms with Crippen molar-refractivity contribution in [3.63, 3.8) is 0 Å².